The number of nitrogens with zero attached hydrogens (tertiary/aromatic N) is 2. The summed E-state index contributed by atoms with van der Waals surface area (Å²) in [7, 11) is 0. The van der Waals surface area contributed by atoms with Gasteiger partial charge < -0.3 is 5.32 Å². The predicted octanol–water partition coefficient (Wildman–Crippen LogP) is 3.50. The third-order valence-corrected chi connectivity index (χ3v) is 2.99. The Morgan fingerprint density at radius 1 is 1.41 bits per heavy atom. The van der Waals surface area contributed by atoms with Gasteiger partial charge in [0.15, 0.2) is 0 Å². The fourth-order valence-corrected chi connectivity index (χ4v) is 1.82. The van der Waals surface area contributed by atoms with Gasteiger partial charge in [0.1, 0.15) is 11.9 Å². The second-order valence-corrected chi connectivity index (χ2v) is 4.76. The number of hydrogen-bond donors (Lipinski definition) is 1. The van der Waals surface area contributed by atoms with Crippen molar-refractivity contribution in [3.05, 3.63) is 23.4 Å². The lowest BCUT2D eigenvalue weighted by Gasteiger charge is -2.18. The summed E-state index contributed by atoms with van der Waals surface area (Å²) in [5.74, 6) is 1.40. The molecule has 0 radical (unpaired) electrons. The van der Waals surface area contributed by atoms with Crippen molar-refractivity contribution >= 4 is 5.82 Å². The third kappa shape index (κ3) is 4.07. The Morgan fingerprint density at radius 3 is 2.71 bits per heavy atom. The molecule has 92 valence electrons. The van der Waals surface area contributed by atoms with Gasteiger partial charge in [0.2, 0.25) is 0 Å². The summed E-state index contributed by atoms with van der Waals surface area (Å²) in [5.41, 5.74) is 1.55. The summed E-state index contributed by atoms with van der Waals surface area (Å²) in [6, 6.07) is 6.19. The van der Waals surface area contributed by atoms with Crippen LogP contribution in [-0.4, -0.2) is 11.0 Å². The van der Waals surface area contributed by atoms with Gasteiger partial charge >= 0.3 is 0 Å². The number of rotatable bonds is 5. The molecule has 0 amide bonds. The lowest BCUT2D eigenvalue weighted by Crippen LogP contribution is -2.19. The van der Waals surface area contributed by atoms with Crippen molar-refractivity contribution in [3.8, 4) is 6.07 Å². The molecule has 0 aliphatic heterocycles. The van der Waals surface area contributed by atoms with Crippen molar-refractivity contribution in [1.82, 2.24) is 4.98 Å². The minimum absolute atomic E-state index is 0.339. The zero-order chi connectivity index (χ0) is 12.8. The number of aromatic nitrogens is 1. The second-order valence-electron chi connectivity index (χ2n) is 4.76. The molecule has 0 saturated heterocycles. The van der Waals surface area contributed by atoms with Gasteiger partial charge in [-0.2, -0.15) is 5.26 Å². The molecule has 2 unspecified atom stereocenters. The smallest absolute Gasteiger partial charge is 0.144 e. The molecule has 1 heterocycles. The molecule has 1 rings (SSSR count). The van der Waals surface area contributed by atoms with Gasteiger partial charge in [-0.05, 0) is 38.3 Å². The minimum atomic E-state index is 0.339. The highest BCUT2D eigenvalue weighted by atomic mass is 15.0. The average molecular weight is 231 g/mol. The standard InChI is InChI=1S/C14H21N3/c1-5-10(2)8-12(4)17-14-13(9-15)7-6-11(3)16-14/h6-7,10,12H,5,8H2,1-4H3,(H,16,17). The van der Waals surface area contributed by atoms with Crippen molar-refractivity contribution in [3.63, 3.8) is 0 Å². The molecular formula is C14H21N3. The van der Waals surface area contributed by atoms with E-state index in [4.69, 9.17) is 5.26 Å². The Balaban J connectivity index is 2.74. The van der Waals surface area contributed by atoms with E-state index in [-0.39, 0.29) is 0 Å². The van der Waals surface area contributed by atoms with Crippen molar-refractivity contribution in [2.24, 2.45) is 5.92 Å². The molecule has 0 fully saturated rings. The second kappa shape index (κ2) is 6.24. The van der Waals surface area contributed by atoms with E-state index >= 15 is 0 Å². The monoisotopic (exact) mass is 231 g/mol. The van der Waals surface area contributed by atoms with Crippen LogP contribution in [0, 0.1) is 24.2 Å². The Morgan fingerprint density at radius 2 is 2.12 bits per heavy atom. The quantitative estimate of drug-likeness (QED) is 0.843. The van der Waals surface area contributed by atoms with Crippen LogP contribution in [0.3, 0.4) is 0 Å². The van der Waals surface area contributed by atoms with Gasteiger partial charge in [0, 0.05) is 11.7 Å². The first-order valence-corrected chi connectivity index (χ1v) is 6.21. The first-order valence-electron chi connectivity index (χ1n) is 6.21. The fourth-order valence-electron chi connectivity index (χ4n) is 1.82. The van der Waals surface area contributed by atoms with Gasteiger partial charge in [0.05, 0.1) is 5.56 Å². The van der Waals surface area contributed by atoms with Crippen LogP contribution in [0.1, 0.15) is 44.9 Å². The first kappa shape index (κ1) is 13.5. The van der Waals surface area contributed by atoms with Crippen molar-refractivity contribution in [2.75, 3.05) is 5.32 Å². The molecule has 3 heteroatoms. The van der Waals surface area contributed by atoms with Crippen LogP contribution in [-0.2, 0) is 0 Å². The third-order valence-electron chi connectivity index (χ3n) is 2.99. The highest BCUT2D eigenvalue weighted by molar-refractivity contribution is 5.52. The Bertz CT molecular complexity index is 406. The van der Waals surface area contributed by atoms with Crippen LogP contribution >= 0.6 is 0 Å². The van der Waals surface area contributed by atoms with E-state index in [2.05, 4.69) is 37.1 Å². The maximum Gasteiger partial charge on any atom is 0.144 e. The van der Waals surface area contributed by atoms with Crippen molar-refractivity contribution in [1.29, 1.82) is 5.26 Å². The van der Waals surface area contributed by atoms with Crippen LogP contribution in [0.5, 0.6) is 0 Å². The van der Waals surface area contributed by atoms with E-state index in [1.54, 1.807) is 0 Å². The van der Waals surface area contributed by atoms with Crippen LogP contribution in [0.25, 0.3) is 0 Å². The summed E-state index contributed by atoms with van der Waals surface area (Å²) < 4.78 is 0. The van der Waals surface area contributed by atoms with Crippen LogP contribution in [0.15, 0.2) is 12.1 Å². The molecule has 0 spiro atoms. The van der Waals surface area contributed by atoms with Gasteiger partial charge in [-0.25, -0.2) is 4.98 Å². The largest absolute Gasteiger partial charge is 0.367 e. The lowest BCUT2D eigenvalue weighted by molar-refractivity contribution is 0.483. The number of hydrogen-bond acceptors (Lipinski definition) is 3. The number of pyridine rings is 1. The normalized spacial score (nSPS) is 13.8. The molecule has 0 aliphatic rings. The summed E-state index contributed by atoms with van der Waals surface area (Å²) in [5, 5.41) is 12.4. The average Bonchev–Trinajstić information content (AvgIpc) is 2.29. The van der Waals surface area contributed by atoms with Gasteiger partial charge in [-0.15, -0.1) is 0 Å². The molecule has 17 heavy (non-hydrogen) atoms. The van der Waals surface area contributed by atoms with Crippen molar-refractivity contribution in [2.45, 2.75) is 46.6 Å². The molecule has 1 aromatic heterocycles. The summed E-state index contributed by atoms with van der Waals surface area (Å²) in [6.07, 6.45) is 2.27. The maximum atomic E-state index is 9.02. The lowest BCUT2D eigenvalue weighted by atomic mass is 10.0. The molecule has 0 bridgehead atoms. The van der Waals surface area contributed by atoms with E-state index in [0.717, 1.165) is 12.1 Å². The Kier molecular flexibility index (Phi) is 4.96. The predicted molar refractivity (Wildman–Crippen MR) is 70.8 cm³/mol. The van der Waals surface area contributed by atoms with Crippen LogP contribution < -0.4 is 5.32 Å². The van der Waals surface area contributed by atoms with Gasteiger partial charge in [-0.1, -0.05) is 20.3 Å². The topological polar surface area (TPSA) is 48.7 Å². The summed E-state index contributed by atoms with van der Waals surface area (Å²) in [6.45, 7) is 8.51. The fraction of sp³-hybridized carbons (Fsp3) is 0.571. The minimum Gasteiger partial charge on any atom is -0.367 e. The molecule has 1 N–H and O–H groups in total. The van der Waals surface area contributed by atoms with Crippen molar-refractivity contribution < 1.29 is 0 Å². The number of nitriles is 1. The summed E-state index contributed by atoms with van der Waals surface area (Å²) >= 11 is 0. The van der Waals surface area contributed by atoms with Gasteiger partial charge in [-0.3, -0.25) is 0 Å². The highest BCUT2D eigenvalue weighted by Crippen LogP contribution is 2.17. The number of nitrogens with one attached hydrogen (secondary N) is 1. The summed E-state index contributed by atoms with van der Waals surface area (Å²) in [4.78, 5) is 4.38. The molecule has 1 aromatic rings. The zero-order valence-electron chi connectivity index (χ0n) is 11.1. The van der Waals surface area contributed by atoms with Crippen LogP contribution in [0.2, 0.25) is 0 Å². The van der Waals surface area contributed by atoms with E-state index < -0.39 is 0 Å². The van der Waals surface area contributed by atoms with E-state index in [1.165, 1.54) is 6.42 Å². The maximum absolute atomic E-state index is 9.02. The molecule has 0 saturated carbocycles. The molecule has 3 nitrogen and oxygen atoms in total. The Hall–Kier alpha value is -1.56. The molecular weight excluding hydrogens is 210 g/mol. The van der Waals surface area contributed by atoms with E-state index in [9.17, 15) is 0 Å². The number of aryl methyl sites for hydroxylation is 1. The molecule has 0 aliphatic carbocycles. The number of anilines is 1. The highest BCUT2D eigenvalue weighted by Gasteiger charge is 2.10. The molecule has 0 aromatic carbocycles. The zero-order valence-corrected chi connectivity index (χ0v) is 11.1. The van der Waals surface area contributed by atoms with Crippen LogP contribution in [0.4, 0.5) is 5.82 Å². The van der Waals surface area contributed by atoms with E-state index in [0.29, 0.717) is 23.3 Å². The molecule has 2 atom stereocenters. The Labute approximate surface area is 104 Å². The van der Waals surface area contributed by atoms with E-state index in [1.807, 2.05) is 19.1 Å². The van der Waals surface area contributed by atoms with Gasteiger partial charge in [0.25, 0.3) is 0 Å². The SMILES string of the molecule is CCC(C)CC(C)Nc1nc(C)ccc1C#N. The first-order chi connectivity index (χ1) is 8.06.